The number of carbonyl (C=O) groups excluding carboxylic acids is 2. The predicted molar refractivity (Wildman–Crippen MR) is 94.4 cm³/mol. The van der Waals surface area contributed by atoms with E-state index in [-0.39, 0.29) is 28.6 Å². The molecule has 2 aromatic carbocycles. The average Bonchev–Trinajstić information content (AvgIpc) is 2.85. The number of hydrogen-bond donors (Lipinski definition) is 2. The first-order valence-corrected chi connectivity index (χ1v) is 8.17. The Bertz CT molecular complexity index is 939. The van der Waals surface area contributed by atoms with Crippen LogP contribution in [-0.2, 0) is 11.3 Å². The second kappa shape index (κ2) is 6.89. The first kappa shape index (κ1) is 17.5. The lowest BCUT2D eigenvalue weighted by atomic mass is 10.1. The molecule has 2 amide bonds. The van der Waals surface area contributed by atoms with Crippen LogP contribution in [0.5, 0.6) is 11.5 Å². The zero-order chi connectivity index (χ0) is 18.8. The number of hydrogen-bond acceptors (Lipinski definition) is 7. The summed E-state index contributed by atoms with van der Waals surface area (Å²) in [5.41, 5.74) is 0.792. The number of nitro groups is 1. The summed E-state index contributed by atoms with van der Waals surface area (Å²) in [5, 5.41) is 29.3. The molecule has 8 nitrogen and oxygen atoms in total. The summed E-state index contributed by atoms with van der Waals surface area (Å²) in [7, 11) is 0. The number of aromatic hydroxyl groups is 2. The van der Waals surface area contributed by atoms with E-state index in [0.29, 0.717) is 11.1 Å². The molecule has 0 aromatic heterocycles. The monoisotopic (exact) mass is 372 g/mol. The second-order valence-corrected chi connectivity index (χ2v) is 6.43. The van der Waals surface area contributed by atoms with E-state index in [1.165, 1.54) is 42.5 Å². The fourth-order valence-electron chi connectivity index (χ4n) is 2.34. The van der Waals surface area contributed by atoms with E-state index in [2.05, 4.69) is 0 Å². The summed E-state index contributed by atoms with van der Waals surface area (Å²) in [5.74, 6) is -0.857. The Hall–Kier alpha value is -3.33. The molecule has 0 unspecified atom stereocenters. The number of phenols is 2. The van der Waals surface area contributed by atoms with Crippen molar-refractivity contribution >= 4 is 34.7 Å². The molecule has 2 aromatic rings. The fourth-order valence-corrected chi connectivity index (χ4v) is 3.17. The average molecular weight is 372 g/mol. The molecule has 9 heteroatoms. The van der Waals surface area contributed by atoms with Gasteiger partial charge >= 0.3 is 0 Å². The third-order valence-electron chi connectivity index (χ3n) is 3.66. The van der Waals surface area contributed by atoms with E-state index >= 15 is 0 Å². The van der Waals surface area contributed by atoms with Crippen LogP contribution in [0.4, 0.5) is 10.5 Å². The number of nitro benzene ring substituents is 1. The standard InChI is InChI=1S/C17H12N2O6S/c20-13-6-3-11(14(21)8-13)7-15-16(22)18(17(23)26-15)9-10-1-4-12(5-2-10)19(24)25/h1-8,20-21H,9H2/b15-7-. The highest BCUT2D eigenvalue weighted by atomic mass is 32.2. The Balaban J connectivity index is 1.80. The zero-order valence-corrected chi connectivity index (χ0v) is 14.0. The second-order valence-electron chi connectivity index (χ2n) is 5.43. The third-order valence-corrected chi connectivity index (χ3v) is 4.57. The van der Waals surface area contributed by atoms with Crippen LogP contribution in [0.25, 0.3) is 6.08 Å². The van der Waals surface area contributed by atoms with Gasteiger partial charge < -0.3 is 10.2 Å². The number of thioether (sulfide) groups is 1. The van der Waals surface area contributed by atoms with Gasteiger partial charge in [0.2, 0.25) is 0 Å². The number of amides is 2. The minimum Gasteiger partial charge on any atom is -0.508 e. The summed E-state index contributed by atoms with van der Waals surface area (Å²) in [6.45, 7) is -0.0123. The number of rotatable bonds is 4. The maximum absolute atomic E-state index is 12.5. The van der Waals surface area contributed by atoms with Crippen molar-refractivity contribution in [2.45, 2.75) is 6.54 Å². The van der Waals surface area contributed by atoms with Crippen LogP contribution in [0.15, 0.2) is 47.4 Å². The van der Waals surface area contributed by atoms with Crippen LogP contribution >= 0.6 is 11.8 Å². The third kappa shape index (κ3) is 3.52. The molecule has 132 valence electrons. The number of non-ortho nitro benzene ring substituents is 1. The van der Waals surface area contributed by atoms with Crippen LogP contribution in [0.2, 0.25) is 0 Å². The predicted octanol–water partition coefficient (Wildman–Crippen LogP) is 3.24. The van der Waals surface area contributed by atoms with Crippen LogP contribution < -0.4 is 0 Å². The van der Waals surface area contributed by atoms with Crippen LogP contribution in [0.1, 0.15) is 11.1 Å². The van der Waals surface area contributed by atoms with Gasteiger partial charge in [-0.15, -0.1) is 0 Å². The molecule has 1 aliphatic rings. The lowest BCUT2D eigenvalue weighted by Crippen LogP contribution is -2.27. The summed E-state index contributed by atoms with van der Waals surface area (Å²) in [6, 6.07) is 9.49. The minimum atomic E-state index is -0.531. The van der Waals surface area contributed by atoms with Gasteiger partial charge in [-0.05, 0) is 35.5 Å². The molecular weight excluding hydrogens is 360 g/mol. The van der Waals surface area contributed by atoms with E-state index in [4.69, 9.17) is 0 Å². The van der Waals surface area contributed by atoms with Crippen LogP contribution in [-0.4, -0.2) is 31.2 Å². The van der Waals surface area contributed by atoms with E-state index in [0.717, 1.165) is 22.7 Å². The normalized spacial score (nSPS) is 15.7. The first-order chi connectivity index (χ1) is 12.3. The molecule has 1 aliphatic heterocycles. The van der Waals surface area contributed by atoms with Crippen molar-refractivity contribution in [1.82, 2.24) is 4.90 Å². The van der Waals surface area contributed by atoms with E-state index < -0.39 is 16.1 Å². The van der Waals surface area contributed by atoms with Crippen molar-refractivity contribution in [3.8, 4) is 11.5 Å². The van der Waals surface area contributed by atoms with Crippen molar-refractivity contribution in [3.63, 3.8) is 0 Å². The molecule has 26 heavy (non-hydrogen) atoms. The Kier molecular flexibility index (Phi) is 4.63. The molecule has 3 rings (SSSR count). The Morgan fingerprint density at radius 2 is 1.81 bits per heavy atom. The summed E-state index contributed by atoms with van der Waals surface area (Å²) in [6.07, 6.45) is 1.37. The number of benzene rings is 2. The molecule has 0 atom stereocenters. The molecule has 1 heterocycles. The van der Waals surface area contributed by atoms with Gasteiger partial charge in [0.05, 0.1) is 16.4 Å². The quantitative estimate of drug-likeness (QED) is 0.480. The Morgan fingerprint density at radius 3 is 2.42 bits per heavy atom. The van der Waals surface area contributed by atoms with Gasteiger partial charge in [0.15, 0.2) is 0 Å². The molecule has 0 radical (unpaired) electrons. The minimum absolute atomic E-state index is 0.0123. The van der Waals surface area contributed by atoms with Crippen molar-refractivity contribution in [1.29, 1.82) is 0 Å². The maximum atomic E-state index is 12.5. The molecule has 1 saturated heterocycles. The van der Waals surface area contributed by atoms with Gasteiger partial charge in [0.25, 0.3) is 16.8 Å². The summed E-state index contributed by atoms with van der Waals surface area (Å²) in [4.78, 5) is 35.9. The van der Waals surface area contributed by atoms with Crippen molar-refractivity contribution in [3.05, 3.63) is 68.6 Å². The van der Waals surface area contributed by atoms with Crippen molar-refractivity contribution in [2.75, 3.05) is 0 Å². The Labute approximate surface area is 151 Å². The van der Waals surface area contributed by atoms with Gasteiger partial charge in [-0.3, -0.25) is 24.6 Å². The molecule has 0 bridgehead atoms. The number of carbonyl (C=O) groups is 2. The van der Waals surface area contributed by atoms with E-state index in [1.54, 1.807) is 0 Å². The lowest BCUT2D eigenvalue weighted by molar-refractivity contribution is -0.384. The molecule has 0 spiro atoms. The van der Waals surface area contributed by atoms with Gasteiger partial charge in [-0.25, -0.2) is 0 Å². The van der Waals surface area contributed by atoms with Gasteiger partial charge in [0, 0.05) is 23.8 Å². The number of imide groups is 1. The Morgan fingerprint density at radius 1 is 1.12 bits per heavy atom. The van der Waals surface area contributed by atoms with Crippen LogP contribution in [0, 0.1) is 10.1 Å². The van der Waals surface area contributed by atoms with Gasteiger partial charge in [-0.1, -0.05) is 12.1 Å². The maximum Gasteiger partial charge on any atom is 0.293 e. The first-order valence-electron chi connectivity index (χ1n) is 7.36. The highest BCUT2D eigenvalue weighted by Crippen LogP contribution is 2.35. The van der Waals surface area contributed by atoms with E-state index in [9.17, 15) is 29.9 Å². The SMILES string of the molecule is O=C1S/C(=C\c2ccc(O)cc2O)C(=O)N1Cc1ccc([N+](=O)[O-])cc1. The topological polar surface area (TPSA) is 121 Å². The summed E-state index contributed by atoms with van der Waals surface area (Å²) >= 11 is 0.734. The van der Waals surface area contributed by atoms with Gasteiger partial charge in [-0.2, -0.15) is 0 Å². The zero-order valence-electron chi connectivity index (χ0n) is 13.2. The molecule has 2 N–H and O–H groups in total. The highest BCUT2D eigenvalue weighted by Gasteiger charge is 2.35. The smallest absolute Gasteiger partial charge is 0.293 e. The van der Waals surface area contributed by atoms with Crippen molar-refractivity contribution < 1.29 is 24.7 Å². The number of phenolic OH excluding ortho intramolecular Hbond substituents is 2. The fraction of sp³-hybridized carbons (Fsp3) is 0.0588. The molecule has 0 saturated carbocycles. The summed E-state index contributed by atoms with van der Waals surface area (Å²) < 4.78 is 0. The largest absolute Gasteiger partial charge is 0.508 e. The lowest BCUT2D eigenvalue weighted by Gasteiger charge is -2.12. The van der Waals surface area contributed by atoms with Crippen molar-refractivity contribution in [2.24, 2.45) is 0 Å². The highest BCUT2D eigenvalue weighted by molar-refractivity contribution is 8.18. The molecular formula is C17H12N2O6S. The van der Waals surface area contributed by atoms with Gasteiger partial charge in [0.1, 0.15) is 11.5 Å². The molecule has 1 fully saturated rings. The molecule has 0 aliphatic carbocycles. The van der Waals surface area contributed by atoms with Crippen LogP contribution in [0.3, 0.4) is 0 Å². The number of nitrogens with zero attached hydrogens (tertiary/aromatic N) is 2. The van der Waals surface area contributed by atoms with E-state index in [1.807, 2.05) is 0 Å².